The first kappa shape index (κ1) is 13.4. The summed E-state index contributed by atoms with van der Waals surface area (Å²) in [7, 11) is 1.52. The first-order valence-electron chi connectivity index (χ1n) is 7.80. The van der Waals surface area contributed by atoms with Crippen LogP contribution in [0.3, 0.4) is 0 Å². The van der Waals surface area contributed by atoms with Gasteiger partial charge in [0.05, 0.1) is 7.11 Å². The standard InChI is InChI=1S/C15H26N2O2/c1-3-17(12-6-7-12)13-8-9-15(10-13,14(18)19-2)16-11-4-5-11/h11-13,16H,3-10H2,1-2H3. The van der Waals surface area contributed by atoms with E-state index in [1.165, 1.54) is 32.8 Å². The number of carbonyl (C=O) groups excluding carboxylic acids is 1. The Labute approximate surface area is 115 Å². The van der Waals surface area contributed by atoms with Gasteiger partial charge in [-0.15, -0.1) is 0 Å². The van der Waals surface area contributed by atoms with Crippen LogP contribution in [0.15, 0.2) is 0 Å². The van der Waals surface area contributed by atoms with E-state index in [0.717, 1.165) is 31.8 Å². The van der Waals surface area contributed by atoms with Crippen molar-refractivity contribution in [2.75, 3.05) is 13.7 Å². The summed E-state index contributed by atoms with van der Waals surface area (Å²) in [6.07, 6.45) is 8.09. The van der Waals surface area contributed by atoms with E-state index in [2.05, 4.69) is 17.1 Å². The van der Waals surface area contributed by atoms with E-state index in [0.29, 0.717) is 12.1 Å². The lowest BCUT2D eigenvalue weighted by Crippen LogP contribution is -2.53. The van der Waals surface area contributed by atoms with Crippen LogP contribution in [0.5, 0.6) is 0 Å². The van der Waals surface area contributed by atoms with Gasteiger partial charge in [-0.2, -0.15) is 0 Å². The molecule has 0 heterocycles. The number of methoxy groups -OCH3 is 1. The molecule has 108 valence electrons. The van der Waals surface area contributed by atoms with Gasteiger partial charge in [0.15, 0.2) is 0 Å². The lowest BCUT2D eigenvalue weighted by atomic mass is 9.96. The Kier molecular flexibility index (Phi) is 3.56. The molecule has 0 bridgehead atoms. The van der Waals surface area contributed by atoms with Gasteiger partial charge < -0.3 is 4.74 Å². The summed E-state index contributed by atoms with van der Waals surface area (Å²) in [6.45, 7) is 3.35. The average Bonchev–Trinajstić information content (AvgIpc) is 3.31. The molecule has 4 heteroatoms. The van der Waals surface area contributed by atoms with Gasteiger partial charge in [-0.1, -0.05) is 6.92 Å². The van der Waals surface area contributed by atoms with Crippen molar-refractivity contribution in [3.63, 3.8) is 0 Å². The maximum Gasteiger partial charge on any atom is 0.326 e. The summed E-state index contributed by atoms with van der Waals surface area (Å²) < 4.78 is 5.08. The second kappa shape index (κ2) is 5.06. The first-order chi connectivity index (χ1) is 9.18. The second-order valence-corrected chi connectivity index (χ2v) is 6.45. The predicted octanol–water partition coefficient (Wildman–Crippen LogP) is 1.69. The zero-order valence-electron chi connectivity index (χ0n) is 12.2. The fourth-order valence-electron chi connectivity index (χ4n) is 3.71. The van der Waals surface area contributed by atoms with Crippen molar-refractivity contribution in [2.24, 2.45) is 0 Å². The van der Waals surface area contributed by atoms with Crippen LogP contribution >= 0.6 is 0 Å². The third-order valence-electron chi connectivity index (χ3n) is 4.97. The largest absolute Gasteiger partial charge is 0.468 e. The molecule has 2 unspecified atom stereocenters. The predicted molar refractivity (Wildman–Crippen MR) is 73.9 cm³/mol. The summed E-state index contributed by atoms with van der Waals surface area (Å²) in [5.74, 6) is -0.0475. The summed E-state index contributed by atoms with van der Waals surface area (Å²) >= 11 is 0. The van der Waals surface area contributed by atoms with Crippen molar-refractivity contribution in [1.29, 1.82) is 0 Å². The van der Waals surface area contributed by atoms with Gasteiger partial charge in [0.2, 0.25) is 0 Å². The molecule has 0 aromatic heterocycles. The Balaban J connectivity index is 1.69. The molecule has 0 aromatic carbocycles. The Morgan fingerprint density at radius 2 is 2.00 bits per heavy atom. The van der Waals surface area contributed by atoms with Crippen molar-refractivity contribution < 1.29 is 9.53 Å². The van der Waals surface area contributed by atoms with Crippen LogP contribution in [0.25, 0.3) is 0 Å². The molecular weight excluding hydrogens is 240 g/mol. The fourth-order valence-corrected chi connectivity index (χ4v) is 3.71. The number of nitrogens with zero attached hydrogens (tertiary/aromatic N) is 1. The molecular formula is C15H26N2O2. The number of carbonyl (C=O) groups is 1. The summed E-state index contributed by atoms with van der Waals surface area (Å²) in [4.78, 5) is 14.8. The zero-order valence-corrected chi connectivity index (χ0v) is 12.2. The van der Waals surface area contributed by atoms with E-state index in [1.807, 2.05) is 0 Å². The number of hydrogen-bond donors (Lipinski definition) is 1. The van der Waals surface area contributed by atoms with Gasteiger partial charge in [0.1, 0.15) is 5.54 Å². The van der Waals surface area contributed by atoms with Gasteiger partial charge in [-0.05, 0) is 51.5 Å². The summed E-state index contributed by atoms with van der Waals surface area (Å²) in [5, 5.41) is 3.58. The lowest BCUT2D eigenvalue weighted by Gasteiger charge is -2.31. The van der Waals surface area contributed by atoms with Crippen molar-refractivity contribution in [2.45, 2.75) is 75.5 Å². The van der Waals surface area contributed by atoms with Crippen LogP contribution in [-0.4, -0.2) is 48.2 Å². The number of esters is 1. The fraction of sp³-hybridized carbons (Fsp3) is 0.933. The number of nitrogens with one attached hydrogen (secondary N) is 1. The lowest BCUT2D eigenvalue weighted by molar-refractivity contribution is -0.148. The van der Waals surface area contributed by atoms with Gasteiger partial charge >= 0.3 is 5.97 Å². The third-order valence-corrected chi connectivity index (χ3v) is 4.97. The van der Waals surface area contributed by atoms with Gasteiger partial charge in [-0.25, -0.2) is 0 Å². The monoisotopic (exact) mass is 266 g/mol. The van der Waals surface area contributed by atoms with E-state index >= 15 is 0 Å². The second-order valence-electron chi connectivity index (χ2n) is 6.45. The Hall–Kier alpha value is -0.610. The number of hydrogen-bond acceptors (Lipinski definition) is 4. The third kappa shape index (κ3) is 2.65. The molecule has 0 amide bonds. The van der Waals surface area contributed by atoms with E-state index in [9.17, 15) is 4.79 Å². The van der Waals surface area contributed by atoms with Crippen LogP contribution in [0.2, 0.25) is 0 Å². The molecule has 0 aromatic rings. The first-order valence-corrected chi connectivity index (χ1v) is 7.80. The van der Waals surface area contributed by atoms with E-state index in [-0.39, 0.29) is 5.97 Å². The Morgan fingerprint density at radius 3 is 2.53 bits per heavy atom. The van der Waals surface area contributed by atoms with Crippen LogP contribution in [0.1, 0.15) is 51.9 Å². The van der Waals surface area contributed by atoms with Crippen LogP contribution in [0.4, 0.5) is 0 Å². The van der Waals surface area contributed by atoms with E-state index < -0.39 is 5.54 Å². The van der Waals surface area contributed by atoms with Gasteiger partial charge in [0.25, 0.3) is 0 Å². The molecule has 0 radical (unpaired) electrons. The minimum Gasteiger partial charge on any atom is -0.468 e. The van der Waals surface area contributed by atoms with Crippen molar-refractivity contribution in [3.05, 3.63) is 0 Å². The molecule has 0 spiro atoms. The highest BCUT2D eigenvalue weighted by molar-refractivity contribution is 5.81. The normalized spacial score (nSPS) is 34.8. The maximum atomic E-state index is 12.2. The average molecular weight is 266 g/mol. The highest BCUT2D eigenvalue weighted by Gasteiger charge is 2.51. The van der Waals surface area contributed by atoms with Crippen molar-refractivity contribution in [1.82, 2.24) is 10.2 Å². The number of ether oxygens (including phenoxy) is 1. The van der Waals surface area contributed by atoms with E-state index in [4.69, 9.17) is 4.74 Å². The molecule has 19 heavy (non-hydrogen) atoms. The Morgan fingerprint density at radius 1 is 1.26 bits per heavy atom. The molecule has 2 atom stereocenters. The SMILES string of the molecule is CCN(C1CC1)C1CCC(NC2CC2)(C(=O)OC)C1. The molecule has 0 saturated heterocycles. The van der Waals surface area contributed by atoms with Crippen LogP contribution in [-0.2, 0) is 9.53 Å². The molecule has 3 rings (SSSR count). The molecule has 0 aliphatic heterocycles. The highest BCUT2D eigenvalue weighted by atomic mass is 16.5. The molecule has 3 aliphatic carbocycles. The summed E-state index contributed by atoms with van der Waals surface area (Å²) in [6, 6.07) is 1.89. The smallest absolute Gasteiger partial charge is 0.326 e. The van der Waals surface area contributed by atoms with E-state index in [1.54, 1.807) is 0 Å². The minimum atomic E-state index is -0.400. The quantitative estimate of drug-likeness (QED) is 0.743. The number of rotatable bonds is 6. The molecule has 3 saturated carbocycles. The molecule has 3 fully saturated rings. The van der Waals surface area contributed by atoms with Gasteiger partial charge in [-0.3, -0.25) is 15.0 Å². The van der Waals surface area contributed by atoms with Crippen molar-refractivity contribution >= 4 is 5.97 Å². The van der Waals surface area contributed by atoms with Gasteiger partial charge in [0, 0.05) is 18.1 Å². The van der Waals surface area contributed by atoms with Crippen LogP contribution in [0, 0.1) is 0 Å². The van der Waals surface area contributed by atoms with Crippen molar-refractivity contribution in [3.8, 4) is 0 Å². The molecule has 1 N–H and O–H groups in total. The molecule has 3 aliphatic rings. The maximum absolute atomic E-state index is 12.2. The highest BCUT2D eigenvalue weighted by Crippen LogP contribution is 2.40. The topological polar surface area (TPSA) is 41.6 Å². The molecule has 4 nitrogen and oxygen atoms in total. The summed E-state index contributed by atoms with van der Waals surface area (Å²) in [5.41, 5.74) is -0.400. The Bertz CT molecular complexity index is 352. The van der Waals surface area contributed by atoms with Crippen LogP contribution < -0.4 is 5.32 Å². The minimum absolute atomic E-state index is 0.0475. The zero-order chi connectivity index (χ0) is 13.5.